The Balaban J connectivity index is 2.01. The molecule has 1 saturated heterocycles. The number of carbonyl (C=O) groups is 1. The van der Waals surface area contributed by atoms with Crippen molar-refractivity contribution in [3.8, 4) is 5.75 Å². The number of piperidine rings is 1. The van der Waals surface area contributed by atoms with Crippen LogP contribution in [0.5, 0.6) is 5.75 Å². The molecular weight excluding hydrogens is 335 g/mol. The number of amides is 1. The van der Waals surface area contributed by atoms with E-state index in [9.17, 15) is 4.79 Å². The number of hydrogen-bond donors (Lipinski definition) is 1. The molecule has 0 aliphatic carbocycles. The summed E-state index contributed by atoms with van der Waals surface area (Å²) in [5, 5.41) is 3.66. The van der Waals surface area contributed by atoms with Crippen LogP contribution in [0.1, 0.15) is 43.5 Å². The molecule has 23 heavy (non-hydrogen) atoms. The Labute approximate surface area is 148 Å². The van der Waals surface area contributed by atoms with Crippen molar-refractivity contribution in [2.24, 2.45) is 0 Å². The third kappa shape index (κ3) is 4.52. The summed E-state index contributed by atoms with van der Waals surface area (Å²) in [5.41, 5.74) is 0.367. The third-order valence-electron chi connectivity index (χ3n) is 4.36. The van der Waals surface area contributed by atoms with Gasteiger partial charge in [-0.3, -0.25) is 9.69 Å². The number of hydrogen-bond acceptors (Lipinski definition) is 3. The maximum atomic E-state index is 12.4. The number of likely N-dealkylation sites (tertiary alicyclic amines) is 1. The van der Waals surface area contributed by atoms with Crippen molar-refractivity contribution >= 4 is 29.1 Å². The SMILES string of the molecule is COc1c(Cl)cc(C(=O)NCC(C)(C)N2CCCCC2)cc1Cl. The van der Waals surface area contributed by atoms with Crippen LogP contribution in [0.2, 0.25) is 10.0 Å². The molecule has 1 aliphatic heterocycles. The zero-order valence-corrected chi connectivity index (χ0v) is 15.4. The fourth-order valence-corrected chi connectivity index (χ4v) is 3.54. The van der Waals surface area contributed by atoms with Gasteiger partial charge >= 0.3 is 0 Å². The molecule has 0 atom stereocenters. The second-order valence-electron chi connectivity index (χ2n) is 6.52. The Morgan fingerprint density at radius 3 is 2.30 bits per heavy atom. The molecule has 1 fully saturated rings. The highest BCUT2D eigenvalue weighted by Crippen LogP contribution is 2.33. The van der Waals surface area contributed by atoms with E-state index in [0.717, 1.165) is 13.1 Å². The zero-order chi connectivity index (χ0) is 17.0. The quantitative estimate of drug-likeness (QED) is 0.864. The minimum absolute atomic E-state index is 0.0733. The molecule has 128 valence electrons. The molecule has 1 heterocycles. The van der Waals surface area contributed by atoms with Gasteiger partial charge in [-0.05, 0) is 51.9 Å². The van der Waals surface area contributed by atoms with Crippen LogP contribution in [0.25, 0.3) is 0 Å². The average molecular weight is 359 g/mol. The van der Waals surface area contributed by atoms with E-state index in [2.05, 4.69) is 24.1 Å². The lowest BCUT2D eigenvalue weighted by atomic mass is 9.98. The summed E-state index contributed by atoms with van der Waals surface area (Å²) in [4.78, 5) is 14.8. The number of nitrogens with zero attached hydrogens (tertiary/aromatic N) is 1. The Morgan fingerprint density at radius 2 is 1.78 bits per heavy atom. The minimum atomic E-state index is -0.179. The van der Waals surface area contributed by atoms with Gasteiger partial charge in [0.2, 0.25) is 0 Å². The number of nitrogens with one attached hydrogen (secondary N) is 1. The Kier molecular flexibility index (Phi) is 6.18. The van der Waals surface area contributed by atoms with Gasteiger partial charge in [0.1, 0.15) is 0 Å². The molecule has 0 aromatic heterocycles. The molecule has 1 aliphatic rings. The van der Waals surface area contributed by atoms with Gasteiger partial charge in [0.25, 0.3) is 5.91 Å². The second kappa shape index (κ2) is 7.73. The van der Waals surface area contributed by atoms with Gasteiger partial charge in [-0.2, -0.15) is 0 Å². The first-order chi connectivity index (χ1) is 10.8. The predicted molar refractivity (Wildman–Crippen MR) is 94.9 cm³/mol. The van der Waals surface area contributed by atoms with Crippen LogP contribution in [0.15, 0.2) is 12.1 Å². The summed E-state index contributed by atoms with van der Waals surface area (Å²) >= 11 is 12.2. The maximum Gasteiger partial charge on any atom is 0.251 e. The molecule has 0 bridgehead atoms. The topological polar surface area (TPSA) is 41.6 Å². The number of methoxy groups -OCH3 is 1. The fourth-order valence-electron chi connectivity index (χ4n) is 2.90. The molecule has 6 heteroatoms. The molecular formula is C17H24Cl2N2O2. The largest absolute Gasteiger partial charge is 0.494 e. The molecule has 0 unspecified atom stereocenters. The van der Waals surface area contributed by atoms with E-state index in [4.69, 9.17) is 27.9 Å². The first-order valence-corrected chi connectivity index (χ1v) is 8.67. The van der Waals surface area contributed by atoms with Crippen LogP contribution in [0, 0.1) is 0 Å². The lowest BCUT2D eigenvalue weighted by molar-refractivity contribution is 0.0797. The number of halogens is 2. The molecule has 1 amide bonds. The molecule has 1 aromatic rings. The minimum Gasteiger partial charge on any atom is -0.494 e. The highest BCUT2D eigenvalue weighted by molar-refractivity contribution is 6.37. The standard InChI is InChI=1S/C17H24Cl2N2O2/c1-17(2,21-7-5-4-6-8-21)11-20-16(22)12-9-13(18)15(23-3)14(19)10-12/h9-10H,4-8,11H2,1-3H3,(H,20,22). The van der Waals surface area contributed by atoms with Crippen molar-refractivity contribution in [3.05, 3.63) is 27.7 Å². The summed E-state index contributed by atoms with van der Waals surface area (Å²) in [5.74, 6) is 0.208. The average Bonchev–Trinajstić information content (AvgIpc) is 2.53. The van der Waals surface area contributed by atoms with Gasteiger partial charge in [0.15, 0.2) is 5.75 Å². The van der Waals surface area contributed by atoms with E-state index in [1.165, 1.54) is 26.4 Å². The Bertz CT molecular complexity index is 547. The van der Waals surface area contributed by atoms with Crippen molar-refractivity contribution < 1.29 is 9.53 Å². The van der Waals surface area contributed by atoms with Crippen LogP contribution in [-0.4, -0.2) is 43.1 Å². The van der Waals surface area contributed by atoms with Crippen LogP contribution >= 0.6 is 23.2 Å². The van der Waals surface area contributed by atoms with Crippen molar-refractivity contribution in [3.63, 3.8) is 0 Å². The van der Waals surface area contributed by atoms with Crippen molar-refractivity contribution in [1.82, 2.24) is 10.2 Å². The first kappa shape index (κ1) is 18.4. The highest BCUT2D eigenvalue weighted by atomic mass is 35.5. The van der Waals surface area contributed by atoms with Gasteiger partial charge in [-0.25, -0.2) is 0 Å². The van der Waals surface area contributed by atoms with Crippen LogP contribution in [0.4, 0.5) is 0 Å². The normalized spacial score (nSPS) is 16.2. The van der Waals surface area contributed by atoms with E-state index in [0.29, 0.717) is 27.9 Å². The van der Waals surface area contributed by atoms with Crippen molar-refractivity contribution in [1.29, 1.82) is 0 Å². The second-order valence-corrected chi connectivity index (χ2v) is 7.33. The number of ether oxygens (including phenoxy) is 1. The van der Waals surface area contributed by atoms with Gasteiger partial charge < -0.3 is 10.1 Å². The molecule has 0 saturated carbocycles. The third-order valence-corrected chi connectivity index (χ3v) is 4.92. The number of benzene rings is 1. The van der Waals surface area contributed by atoms with Crippen molar-refractivity contribution in [2.45, 2.75) is 38.6 Å². The summed E-state index contributed by atoms with van der Waals surface area (Å²) in [7, 11) is 1.49. The molecule has 1 N–H and O–H groups in total. The lowest BCUT2D eigenvalue weighted by Gasteiger charge is -2.41. The van der Waals surface area contributed by atoms with Crippen LogP contribution in [0.3, 0.4) is 0 Å². The van der Waals surface area contributed by atoms with Crippen LogP contribution in [-0.2, 0) is 0 Å². The Morgan fingerprint density at radius 1 is 1.22 bits per heavy atom. The highest BCUT2D eigenvalue weighted by Gasteiger charge is 2.28. The number of rotatable bonds is 5. The van der Waals surface area contributed by atoms with Crippen molar-refractivity contribution in [2.75, 3.05) is 26.7 Å². The molecule has 2 rings (SSSR count). The first-order valence-electron chi connectivity index (χ1n) is 7.91. The number of carbonyl (C=O) groups excluding carboxylic acids is 1. The van der Waals surface area contributed by atoms with E-state index < -0.39 is 0 Å². The molecule has 1 aromatic carbocycles. The van der Waals surface area contributed by atoms with Gasteiger partial charge in [0.05, 0.1) is 17.2 Å². The smallest absolute Gasteiger partial charge is 0.251 e. The monoisotopic (exact) mass is 358 g/mol. The molecule has 0 radical (unpaired) electrons. The van der Waals surface area contributed by atoms with E-state index in [1.807, 2.05) is 0 Å². The summed E-state index contributed by atoms with van der Waals surface area (Å²) < 4.78 is 5.10. The predicted octanol–water partition coefficient (Wildman–Crippen LogP) is 4.00. The Hall–Kier alpha value is -0.970. The van der Waals surface area contributed by atoms with E-state index >= 15 is 0 Å². The van der Waals surface area contributed by atoms with Crippen LogP contribution < -0.4 is 10.1 Å². The van der Waals surface area contributed by atoms with Gasteiger partial charge in [-0.1, -0.05) is 29.6 Å². The molecule has 4 nitrogen and oxygen atoms in total. The molecule has 0 spiro atoms. The lowest BCUT2D eigenvalue weighted by Crippen LogP contribution is -2.53. The summed E-state index contributed by atoms with van der Waals surface area (Å²) in [6.07, 6.45) is 3.74. The fraction of sp³-hybridized carbons (Fsp3) is 0.588. The maximum absolute atomic E-state index is 12.4. The van der Waals surface area contributed by atoms with E-state index in [-0.39, 0.29) is 11.4 Å². The summed E-state index contributed by atoms with van der Waals surface area (Å²) in [6, 6.07) is 3.16. The van der Waals surface area contributed by atoms with Gasteiger partial charge in [0, 0.05) is 17.6 Å². The summed E-state index contributed by atoms with van der Waals surface area (Å²) in [6.45, 7) is 7.07. The van der Waals surface area contributed by atoms with E-state index in [1.54, 1.807) is 12.1 Å². The van der Waals surface area contributed by atoms with Gasteiger partial charge in [-0.15, -0.1) is 0 Å². The zero-order valence-electron chi connectivity index (χ0n) is 13.9.